The number of nitrogens with one attached hydrogen (secondary N) is 1. The summed E-state index contributed by atoms with van der Waals surface area (Å²) >= 11 is 1.89. The van der Waals surface area contributed by atoms with Crippen molar-refractivity contribution in [1.82, 2.24) is 13.9 Å². The molecule has 18 nitrogen and oxygen atoms in total. The normalized spacial score (nSPS) is 15.3. The number of amides is 2. The van der Waals surface area contributed by atoms with Gasteiger partial charge in [0.1, 0.15) is 4.21 Å². The van der Waals surface area contributed by atoms with Crippen LogP contribution in [0.2, 0.25) is 0 Å². The standard InChI is InChI=1S/C26H43N5O13S3/c1-3-29(26(33)42-16-9-5-7-11-18-44-31(36)37)22-20-28(13-12-14-40-2)47(38,39)24-21(22)19-23(45-24)46-27-25(32)41-15-8-4-6-10-17-43-30(34)35/h19,22H,3-18,20H2,1-2H3,(H,27,32). The minimum atomic E-state index is -3.89. The van der Waals surface area contributed by atoms with Gasteiger partial charge in [-0.15, -0.1) is 31.6 Å². The molecule has 0 aliphatic carbocycles. The van der Waals surface area contributed by atoms with Crippen molar-refractivity contribution in [1.29, 1.82) is 0 Å². The SMILES string of the molecule is CCN(C(=O)OCCCCCCO[N+](=O)[O-])C1CN(CCCOC)S(=O)(=O)c2sc(SNC(=O)OCCCCCCO[N+](=O)[O-])cc21. The molecule has 1 aromatic rings. The molecule has 47 heavy (non-hydrogen) atoms. The fraction of sp³-hybridized carbons (Fsp3) is 0.769. The number of nitrogens with zero attached hydrogens (tertiary/aromatic N) is 4. The maximum atomic E-state index is 13.6. The molecular weight excluding hydrogens is 687 g/mol. The Kier molecular flexibility index (Phi) is 18.5. The number of methoxy groups -OCH3 is 1. The molecule has 0 radical (unpaired) electrons. The molecule has 21 heteroatoms. The van der Waals surface area contributed by atoms with Gasteiger partial charge < -0.3 is 28.8 Å². The fourth-order valence-electron chi connectivity index (χ4n) is 4.62. The third-order valence-electron chi connectivity index (χ3n) is 6.88. The van der Waals surface area contributed by atoms with Crippen LogP contribution in [0, 0.1) is 20.2 Å². The number of thiophene rings is 1. The molecule has 1 aliphatic rings. The number of likely N-dealkylation sites (N-methyl/N-ethyl adjacent to an activating group) is 1. The lowest BCUT2D eigenvalue weighted by molar-refractivity contribution is -0.757. The molecule has 2 amide bonds. The number of hydrogen-bond donors (Lipinski definition) is 1. The number of rotatable bonds is 24. The Morgan fingerprint density at radius 3 is 2.09 bits per heavy atom. The minimum absolute atomic E-state index is 0.00904. The van der Waals surface area contributed by atoms with Crippen molar-refractivity contribution in [3.8, 4) is 0 Å². The summed E-state index contributed by atoms with van der Waals surface area (Å²) < 4.78 is 47.4. The molecule has 1 atom stereocenters. The maximum Gasteiger partial charge on any atom is 0.417 e. The van der Waals surface area contributed by atoms with Crippen molar-refractivity contribution in [3.63, 3.8) is 0 Å². The van der Waals surface area contributed by atoms with Crippen LogP contribution in [0.1, 0.15) is 76.3 Å². The summed E-state index contributed by atoms with van der Waals surface area (Å²) in [6.45, 7) is 2.88. The van der Waals surface area contributed by atoms with Crippen LogP contribution in [0.25, 0.3) is 0 Å². The zero-order chi connectivity index (χ0) is 34.7. The largest absolute Gasteiger partial charge is 0.449 e. The van der Waals surface area contributed by atoms with Crippen LogP contribution < -0.4 is 4.72 Å². The Bertz CT molecular complexity index is 1250. The Labute approximate surface area is 281 Å². The molecule has 0 saturated heterocycles. The topological polar surface area (TPSA) is 219 Å². The maximum absolute atomic E-state index is 13.6. The predicted molar refractivity (Wildman–Crippen MR) is 169 cm³/mol. The first kappa shape index (κ1) is 40.0. The van der Waals surface area contributed by atoms with Crippen molar-refractivity contribution in [2.45, 2.75) is 79.2 Å². The summed E-state index contributed by atoms with van der Waals surface area (Å²) in [5.41, 5.74) is 0.432. The predicted octanol–water partition coefficient (Wildman–Crippen LogP) is 4.56. The monoisotopic (exact) mass is 729 g/mol. The van der Waals surface area contributed by atoms with Crippen molar-refractivity contribution in [2.75, 3.05) is 59.8 Å². The van der Waals surface area contributed by atoms with Crippen LogP contribution >= 0.6 is 23.3 Å². The van der Waals surface area contributed by atoms with Crippen molar-refractivity contribution < 1.29 is 52.1 Å². The average Bonchev–Trinajstić information content (AvgIpc) is 3.46. The Hall–Kier alpha value is -3.14. The lowest BCUT2D eigenvalue weighted by atomic mass is 10.1. The highest BCUT2D eigenvalue weighted by atomic mass is 32.3. The summed E-state index contributed by atoms with van der Waals surface area (Å²) in [7, 11) is -2.36. The minimum Gasteiger partial charge on any atom is -0.449 e. The van der Waals surface area contributed by atoms with Gasteiger partial charge >= 0.3 is 12.2 Å². The van der Waals surface area contributed by atoms with Crippen molar-refractivity contribution in [3.05, 3.63) is 31.9 Å². The van der Waals surface area contributed by atoms with Crippen molar-refractivity contribution in [2.24, 2.45) is 0 Å². The lowest BCUT2D eigenvalue weighted by Crippen LogP contribution is -2.47. The van der Waals surface area contributed by atoms with Crippen LogP contribution in [-0.4, -0.2) is 99.8 Å². The quantitative estimate of drug-likeness (QED) is 0.0668. The Morgan fingerprint density at radius 1 is 0.957 bits per heavy atom. The summed E-state index contributed by atoms with van der Waals surface area (Å²) in [6.07, 6.45) is 4.00. The summed E-state index contributed by atoms with van der Waals surface area (Å²) in [6, 6.07) is 1.01. The Morgan fingerprint density at radius 2 is 1.53 bits per heavy atom. The fourth-order valence-corrected chi connectivity index (χ4v) is 8.87. The molecule has 2 heterocycles. The highest BCUT2D eigenvalue weighted by molar-refractivity contribution is 8.00. The van der Waals surface area contributed by atoms with Gasteiger partial charge in [-0.25, -0.2) is 18.0 Å². The molecule has 1 aliphatic heterocycles. The number of unbranched alkanes of at least 4 members (excludes halogenated alkanes) is 6. The third kappa shape index (κ3) is 14.3. The van der Waals surface area contributed by atoms with Gasteiger partial charge in [0.25, 0.3) is 20.2 Å². The van der Waals surface area contributed by atoms with E-state index in [9.17, 15) is 38.2 Å². The summed E-state index contributed by atoms with van der Waals surface area (Å²) in [5, 5.41) is 18.7. The highest BCUT2D eigenvalue weighted by Crippen LogP contribution is 2.43. The van der Waals surface area contributed by atoms with Gasteiger partial charge in [0.05, 0.1) is 36.7 Å². The first-order valence-corrected chi connectivity index (χ1v) is 18.3. The van der Waals surface area contributed by atoms with Crippen LogP contribution in [0.3, 0.4) is 0 Å². The van der Waals surface area contributed by atoms with E-state index in [0.717, 1.165) is 23.3 Å². The van der Waals surface area contributed by atoms with Crippen molar-refractivity contribution >= 4 is 45.5 Å². The number of ether oxygens (including phenoxy) is 3. The highest BCUT2D eigenvalue weighted by Gasteiger charge is 2.42. The van der Waals surface area contributed by atoms with Crippen LogP contribution in [0.15, 0.2) is 14.5 Å². The van der Waals surface area contributed by atoms with Gasteiger partial charge in [0, 0.05) is 50.9 Å². The molecule has 0 bridgehead atoms. The molecule has 2 rings (SSSR count). The first-order chi connectivity index (χ1) is 22.5. The van der Waals surface area contributed by atoms with Gasteiger partial charge in [-0.2, -0.15) is 4.31 Å². The van der Waals surface area contributed by atoms with E-state index < -0.39 is 38.4 Å². The number of carbonyl (C=O) groups is 2. The second-order valence-corrected chi connectivity index (χ2v) is 14.5. The number of sulfonamides is 1. The first-order valence-electron chi connectivity index (χ1n) is 15.2. The molecule has 268 valence electrons. The second kappa shape index (κ2) is 21.7. The van der Waals surface area contributed by atoms with Gasteiger partial charge in [-0.05, 0) is 57.9 Å². The van der Waals surface area contributed by atoms with Gasteiger partial charge in [-0.3, -0.25) is 4.72 Å². The molecule has 0 saturated carbocycles. The van der Waals surface area contributed by atoms with E-state index in [1.165, 1.54) is 16.3 Å². The molecule has 1 unspecified atom stereocenters. The summed E-state index contributed by atoms with van der Waals surface area (Å²) in [5.74, 6) is 0. The number of hydrogen-bond acceptors (Lipinski definition) is 15. The number of fused-ring (bicyclic) bond motifs is 1. The third-order valence-corrected chi connectivity index (χ3v) is 11.3. The van der Waals surface area contributed by atoms with E-state index in [2.05, 4.69) is 14.4 Å². The molecular formula is C26H43N5O13S3. The van der Waals surface area contributed by atoms with Crippen LogP contribution in [0.4, 0.5) is 9.59 Å². The van der Waals surface area contributed by atoms with Gasteiger partial charge in [0.15, 0.2) is 0 Å². The Balaban J connectivity index is 2.00. The smallest absolute Gasteiger partial charge is 0.417 e. The molecule has 1 aromatic heterocycles. The zero-order valence-corrected chi connectivity index (χ0v) is 28.9. The van der Waals surface area contributed by atoms with Crippen LogP contribution in [0.5, 0.6) is 0 Å². The summed E-state index contributed by atoms with van der Waals surface area (Å²) in [4.78, 5) is 55.8. The molecule has 0 spiro atoms. The van der Waals surface area contributed by atoms with E-state index in [-0.39, 0.29) is 50.3 Å². The van der Waals surface area contributed by atoms with Crippen LogP contribution in [-0.2, 0) is 33.9 Å². The van der Waals surface area contributed by atoms with E-state index in [1.807, 2.05) is 0 Å². The van der Waals surface area contributed by atoms with Gasteiger partial charge in [0.2, 0.25) is 0 Å². The zero-order valence-electron chi connectivity index (χ0n) is 26.5. The van der Waals surface area contributed by atoms with E-state index in [1.54, 1.807) is 13.0 Å². The second-order valence-electron chi connectivity index (χ2n) is 10.2. The van der Waals surface area contributed by atoms with E-state index in [4.69, 9.17) is 14.2 Å². The van der Waals surface area contributed by atoms with E-state index >= 15 is 0 Å². The van der Waals surface area contributed by atoms with Gasteiger partial charge in [-0.1, -0.05) is 12.8 Å². The number of carbonyl (C=O) groups excluding carboxylic acids is 2. The molecule has 1 N–H and O–H groups in total. The van der Waals surface area contributed by atoms with E-state index in [0.29, 0.717) is 74.2 Å². The average molecular weight is 730 g/mol. The molecule has 0 fully saturated rings. The molecule has 0 aromatic carbocycles. The lowest BCUT2D eigenvalue weighted by Gasteiger charge is -2.37.